The summed E-state index contributed by atoms with van der Waals surface area (Å²) >= 11 is 0. The van der Waals surface area contributed by atoms with E-state index in [2.05, 4.69) is 5.32 Å². The largest absolute Gasteiger partial charge is 0.618 e. The van der Waals surface area contributed by atoms with E-state index in [1.807, 2.05) is 24.3 Å². The zero-order valence-electron chi connectivity index (χ0n) is 15.3. The van der Waals surface area contributed by atoms with Crippen LogP contribution in [0.4, 0.5) is 11.4 Å². The van der Waals surface area contributed by atoms with Crippen molar-refractivity contribution >= 4 is 28.1 Å². The Morgan fingerprint density at radius 2 is 1.96 bits per heavy atom. The summed E-state index contributed by atoms with van der Waals surface area (Å²) in [6, 6.07) is 10.9. The Morgan fingerprint density at radius 3 is 2.79 bits per heavy atom. The molecule has 7 nitrogen and oxygen atoms in total. The number of methoxy groups -OCH3 is 1. The molecular weight excluding hydrogens is 360 g/mol. The van der Waals surface area contributed by atoms with Crippen molar-refractivity contribution in [1.82, 2.24) is 0 Å². The minimum Gasteiger partial charge on any atom is -0.618 e. The molecule has 0 atom stereocenters. The second-order valence-corrected chi connectivity index (χ2v) is 6.85. The van der Waals surface area contributed by atoms with Gasteiger partial charge < -0.3 is 24.7 Å². The normalized spacial score (nSPS) is 14.8. The summed E-state index contributed by atoms with van der Waals surface area (Å²) in [6.07, 6.45) is 1.65. The number of benzene rings is 2. The van der Waals surface area contributed by atoms with Crippen molar-refractivity contribution in [2.45, 2.75) is 19.3 Å². The number of Topliss-reactive ketones (excluding diaryl/α,β-unsaturated/α-hetero) is 1. The van der Waals surface area contributed by atoms with Crippen LogP contribution in [0.5, 0.6) is 17.2 Å². The second-order valence-electron chi connectivity index (χ2n) is 6.85. The van der Waals surface area contributed by atoms with Crippen molar-refractivity contribution in [2.24, 2.45) is 0 Å². The standard InChI is InChI=1S/C21H18N2O5/c1-26-13-5-2-4-12(8-13)22-21-14-9-18-19(28-11-27-18)10-16(14)23(25)15-6-3-7-17(24)20(15)21/h2,4-5,8-10,22H,3,6-7,11H2,1H3. The van der Waals surface area contributed by atoms with Gasteiger partial charge in [0, 0.05) is 30.7 Å². The molecule has 3 aromatic rings. The summed E-state index contributed by atoms with van der Waals surface area (Å²) in [6.45, 7) is 0.113. The molecule has 1 N–H and O–H groups in total. The predicted octanol–water partition coefficient (Wildman–Crippen LogP) is 3.47. The Labute approximate surface area is 161 Å². The Hall–Kier alpha value is -3.48. The molecule has 0 amide bonds. The molecule has 0 saturated heterocycles. The lowest BCUT2D eigenvalue weighted by Crippen LogP contribution is -2.37. The molecule has 1 aromatic heterocycles. The zero-order valence-corrected chi connectivity index (χ0v) is 15.3. The van der Waals surface area contributed by atoms with Crippen molar-refractivity contribution in [3.8, 4) is 17.2 Å². The van der Waals surface area contributed by atoms with Gasteiger partial charge in [-0.2, -0.15) is 4.73 Å². The van der Waals surface area contributed by atoms with Gasteiger partial charge in [-0.3, -0.25) is 4.79 Å². The molecule has 7 heteroatoms. The number of aromatic nitrogens is 1. The Balaban J connectivity index is 1.78. The van der Waals surface area contributed by atoms with Crippen LogP contribution < -0.4 is 24.3 Å². The molecule has 142 valence electrons. The number of nitrogens with zero attached hydrogens (tertiary/aromatic N) is 1. The van der Waals surface area contributed by atoms with E-state index in [0.29, 0.717) is 64.4 Å². The fraction of sp³-hybridized carbons (Fsp3) is 0.238. The lowest BCUT2D eigenvalue weighted by atomic mass is 9.91. The molecule has 0 fully saturated rings. The lowest BCUT2D eigenvalue weighted by Gasteiger charge is -2.21. The van der Waals surface area contributed by atoms with Crippen molar-refractivity contribution < 1.29 is 23.7 Å². The summed E-state index contributed by atoms with van der Waals surface area (Å²) in [5, 5.41) is 17.0. The number of fused-ring (bicyclic) bond motifs is 3. The highest BCUT2D eigenvalue weighted by Crippen LogP contribution is 2.41. The fourth-order valence-electron chi connectivity index (χ4n) is 3.87. The molecule has 2 aromatic carbocycles. The molecule has 5 rings (SSSR count). The van der Waals surface area contributed by atoms with Gasteiger partial charge in [-0.25, -0.2) is 0 Å². The third-order valence-corrected chi connectivity index (χ3v) is 5.20. The summed E-state index contributed by atoms with van der Waals surface area (Å²) in [5.74, 6) is 1.76. The van der Waals surface area contributed by atoms with Crippen LogP contribution in [-0.2, 0) is 6.42 Å². The molecular formula is C21H18N2O5. The maximum Gasteiger partial charge on any atom is 0.231 e. The fourth-order valence-corrected chi connectivity index (χ4v) is 3.87. The van der Waals surface area contributed by atoms with E-state index in [9.17, 15) is 10.0 Å². The third kappa shape index (κ3) is 2.51. The van der Waals surface area contributed by atoms with E-state index in [1.54, 1.807) is 19.2 Å². The first-order chi connectivity index (χ1) is 13.7. The molecule has 1 aliphatic carbocycles. The Morgan fingerprint density at radius 1 is 1.14 bits per heavy atom. The van der Waals surface area contributed by atoms with E-state index in [1.165, 1.54) is 0 Å². The number of pyridine rings is 1. The molecule has 0 spiro atoms. The van der Waals surface area contributed by atoms with Gasteiger partial charge in [0.25, 0.3) is 0 Å². The summed E-state index contributed by atoms with van der Waals surface area (Å²) < 4.78 is 17.1. The van der Waals surface area contributed by atoms with Gasteiger partial charge in [-0.1, -0.05) is 6.07 Å². The summed E-state index contributed by atoms with van der Waals surface area (Å²) in [4.78, 5) is 12.8. The number of hydrogen-bond donors (Lipinski definition) is 1. The molecule has 2 aliphatic rings. The van der Waals surface area contributed by atoms with Crippen LogP contribution in [0.15, 0.2) is 36.4 Å². The van der Waals surface area contributed by atoms with Gasteiger partial charge >= 0.3 is 0 Å². The van der Waals surface area contributed by atoms with Gasteiger partial charge in [0.2, 0.25) is 18.0 Å². The van der Waals surface area contributed by atoms with Crippen LogP contribution in [-0.4, -0.2) is 19.7 Å². The number of nitrogens with one attached hydrogen (secondary N) is 1. The first-order valence-corrected chi connectivity index (χ1v) is 9.12. The number of carbonyl (C=O) groups excluding carboxylic acids is 1. The number of rotatable bonds is 3. The Bertz CT molecular complexity index is 1130. The van der Waals surface area contributed by atoms with Crippen molar-refractivity contribution in [3.05, 3.63) is 52.9 Å². The van der Waals surface area contributed by atoms with Crippen LogP contribution >= 0.6 is 0 Å². The predicted molar refractivity (Wildman–Crippen MR) is 103 cm³/mol. The van der Waals surface area contributed by atoms with Gasteiger partial charge in [0.1, 0.15) is 11.3 Å². The van der Waals surface area contributed by atoms with Crippen LogP contribution in [0.25, 0.3) is 10.9 Å². The molecule has 2 heterocycles. The van der Waals surface area contributed by atoms with E-state index in [4.69, 9.17) is 14.2 Å². The molecule has 28 heavy (non-hydrogen) atoms. The number of hydrogen-bond acceptors (Lipinski definition) is 6. The van der Waals surface area contributed by atoms with E-state index in [0.717, 1.165) is 10.4 Å². The smallest absolute Gasteiger partial charge is 0.231 e. The molecule has 0 radical (unpaired) electrons. The van der Waals surface area contributed by atoms with E-state index < -0.39 is 0 Å². The average molecular weight is 378 g/mol. The van der Waals surface area contributed by atoms with Crippen LogP contribution in [0.1, 0.15) is 28.9 Å². The summed E-state index contributed by atoms with van der Waals surface area (Å²) in [7, 11) is 1.60. The minimum absolute atomic E-state index is 0.0317. The maximum absolute atomic E-state index is 13.0. The van der Waals surface area contributed by atoms with Gasteiger partial charge in [0.15, 0.2) is 17.3 Å². The van der Waals surface area contributed by atoms with Crippen molar-refractivity contribution in [2.75, 3.05) is 19.2 Å². The van der Waals surface area contributed by atoms with E-state index in [-0.39, 0.29) is 12.6 Å². The second kappa shape index (κ2) is 6.30. The molecule has 1 aliphatic heterocycles. The van der Waals surface area contributed by atoms with E-state index >= 15 is 0 Å². The third-order valence-electron chi connectivity index (χ3n) is 5.20. The van der Waals surface area contributed by atoms with Gasteiger partial charge in [-0.05, 0) is 18.6 Å². The zero-order chi connectivity index (χ0) is 19.3. The highest BCUT2D eigenvalue weighted by atomic mass is 16.7. The highest BCUT2D eigenvalue weighted by molar-refractivity contribution is 6.10. The molecule has 0 unspecified atom stereocenters. The first-order valence-electron chi connectivity index (χ1n) is 9.12. The number of anilines is 2. The quantitative estimate of drug-likeness (QED) is 0.555. The van der Waals surface area contributed by atoms with Crippen LogP contribution in [0.3, 0.4) is 0 Å². The van der Waals surface area contributed by atoms with Crippen molar-refractivity contribution in [3.63, 3.8) is 0 Å². The topological polar surface area (TPSA) is 83.7 Å². The van der Waals surface area contributed by atoms with Crippen molar-refractivity contribution in [1.29, 1.82) is 0 Å². The number of ether oxygens (including phenoxy) is 3. The van der Waals surface area contributed by atoms with Crippen LogP contribution in [0, 0.1) is 5.21 Å². The Kier molecular flexibility index (Phi) is 3.75. The monoisotopic (exact) mass is 378 g/mol. The van der Waals surface area contributed by atoms with Crippen LogP contribution in [0.2, 0.25) is 0 Å². The maximum atomic E-state index is 13.0. The molecule has 0 saturated carbocycles. The summed E-state index contributed by atoms with van der Waals surface area (Å²) in [5.41, 5.74) is 2.78. The molecule has 0 bridgehead atoms. The SMILES string of the molecule is COc1cccc(Nc2c3c([n+]([O-])c4cc5c(cc24)OCO5)CCCC3=O)c1. The van der Waals surface area contributed by atoms with Gasteiger partial charge in [0.05, 0.1) is 24.2 Å². The minimum atomic E-state index is -0.0317. The number of ketones is 1. The first kappa shape index (κ1) is 16.7. The van der Waals surface area contributed by atoms with Gasteiger partial charge in [-0.15, -0.1) is 0 Å². The highest BCUT2D eigenvalue weighted by Gasteiger charge is 2.32. The lowest BCUT2D eigenvalue weighted by molar-refractivity contribution is -0.586. The average Bonchev–Trinajstić information content (AvgIpc) is 3.18. The number of carbonyl (C=O) groups is 1.